The van der Waals surface area contributed by atoms with Gasteiger partial charge in [-0.1, -0.05) is 42.8 Å². The second-order valence-electron chi connectivity index (χ2n) is 7.45. The number of nitrogens with zero attached hydrogens (tertiary/aromatic N) is 1. The van der Waals surface area contributed by atoms with Crippen LogP contribution in [0.15, 0.2) is 42.5 Å². The van der Waals surface area contributed by atoms with Gasteiger partial charge in [0, 0.05) is 16.7 Å². The number of fused-ring (bicyclic) bond motifs is 5. The fraction of sp³-hybridized carbons (Fsp3) is 0.318. The Bertz CT molecular complexity index is 1100. The van der Waals surface area contributed by atoms with Gasteiger partial charge in [0.1, 0.15) is 0 Å². The molecule has 1 aliphatic heterocycles. The Hall–Kier alpha value is -2.21. The van der Waals surface area contributed by atoms with E-state index in [1.54, 1.807) is 23.6 Å². The summed E-state index contributed by atoms with van der Waals surface area (Å²) in [5, 5.41) is 0.994. The molecule has 0 bridgehead atoms. The summed E-state index contributed by atoms with van der Waals surface area (Å²) in [6.45, 7) is 5.66. The molecule has 0 aliphatic carbocycles. The molecule has 4 rings (SSSR count). The van der Waals surface area contributed by atoms with Crippen molar-refractivity contribution in [2.24, 2.45) is 0 Å². The van der Waals surface area contributed by atoms with E-state index in [9.17, 15) is 18.0 Å². The monoisotopic (exact) mass is 403 g/mol. The van der Waals surface area contributed by atoms with Crippen LogP contribution in [0.4, 0.5) is 13.2 Å². The maximum absolute atomic E-state index is 13.6. The van der Waals surface area contributed by atoms with Gasteiger partial charge in [-0.2, -0.15) is 13.2 Å². The molecule has 6 heteroatoms. The fourth-order valence-electron chi connectivity index (χ4n) is 4.22. The maximum Gasteiger partial charge on any atom is 0.441 e. The van der Waals surface area contributed by atoms with Crippen LogP contribution in [0.5, 0.6) is 0 Å². The van der Waals surface area contributed by atoms with Crippen LogP contribution in [-0.2, 0) is 11.8 Å². The molecule has 28 heavy (non-hydrogen) atoms. The van der Waals surface area contributed by atoms with Crippen LogP contribution in [0.3, 0.4) is 0 Å². The largest absolute Gasteiger partial charge is 0.441 e. The van der Waals surface area contributed by atoms with Crippen molar-refractivity contribution in [3.63, 3.8) is 0 Å². The number of carbonyl (C=O) groups excluding carboxylic acids is 1. The molecule has 0 unspecified atom stereocenters. The number of hydrogen-bond donors (Lipinski definition) is 0. The van der Waals surface area contributed by atoms with Gasteiger partial charge in [-0.05, 0) is 55.3 Å². The SMILES string of the molecule is CCc1c2n(c3ccc(C)cc13)C(=O)[C@@](C)(CSC(F)(F)F)c1ccccc1-2. The van der Waals surface area contributed by atoms with Crippen LogP contribution < -0.4 is 0 Å². The lowest BCUT2D eigenvalue weighted by Gasteiger charge is -2.36. The molecule has 0 radical (unpaired) electrons. The van der Waals surface area contributed by atoms with E-state index in [1.165, 1.54) is 0 Å². The van der Waals surface area contributed by atoms with Gasteiger partial charge in [0.25, 0.3) is 0 Å². The highest BCUT2D eigenvalue weighted by Gasteiger charge is 2.46. The first kappa shape index (κ1) is 19.1. The minimum absolute atomic E-state index is 0.133. The molecule has 3 aromatic rings. The molecule has 2 heterocycles. The van der Waals surface area contributed by atoms with Gasteiger partial charge in [0.05, 0.1) is 16.6 Å². The first-order valence-corrected chi connectivity index (χ1v) is 10.1. The van der Waals surface area contributed by atoms with Crippen molar-refractivity contribution < 1.29 is 18.0 Å². The molecular weight excluding hydrogens is 383 g/mol. The standard InChI is InChI=1S/C22H20F3NOS/c1-4-14-16-11-13(2)9-10-18(16)26-19(14)15-7-5-6-8-17(15)21(3,20(26)27)12-28-22(23,24)25/h5-11H,4,12H2,1-3H3/t21-/m0/s1. The van der Waals surface area contributed by atoms with Gasteiger partial charge < -0.3 is 0 Å². The molecule has 0 saturated heterocycles. The number of alkyl halides is 3. The highest BCUT2D eigenvalue weighted by atomic mass is 32.2. The predicted octanol–water partition coefficient (Wildman–Crippen LogP) is 6.34. The lowest BCUT2D eigenvalue weighted by atomic mass is 9.77. The molecule has 0 saturated carbocycles. The van der Waals surface area contributed by atoms with E-state index in [0.29, 0.717) is 5.56 Å². The van der Waals surface area contributed by atoms with Gasteiger partial charge in [-0.25, -0.2) is 0 Å². The number of thioether (sulfide) groups is 1. The fourth-order valence-corrected chi connectivity index (χ4v) is 4.95. The number of carbonyl (C=O) groups is 1. The van der Waals surface area contributed by atoms with Crippen LogP contribution >= 0.6 is 11.8 Å². The molecule has 146 valence electrons. The third kappa shape index (κ3) is 2.77. The maximum atomic E-state index is 13.6. The zero-order valence-electron chi connectivity index (χ0n) is 15.9. The van der Waals surface area contributed by atoms with E-state index < -0.39 is 10.9 Å². The van der Waals surface area contributed by atoms with Gasteiger partial charge in [-0.3, -0.25) is 9.36 Å². The number of benzene rings is 2. The first-order chi connectivity index (χ1) is 13.2. The minimum atomic E-state index is -4.39. The Labute approximate surface area is 165 Å². The average Bonchev–Trinajstić information content (AvgIpc) is 2.97. The van der Waals surface area contributed by atoms with E-state index in [1.807, 2.05) is 38.1 Å². The topological polar surface area (TPSA) is 22.0 Å². The van der Waals surface area contributed by atoms with Crippen molar-refractivity contribution >= 4 is 28.6 Å². The number of aryl methyl sites for hydroxylation is 2. The van der Waals surface area contributed by atoms with E-state index in [2.05, 4.69) is 6.07 Å². The number of hydrogen-bond acceptors (Lipinski definition) is 2. The summed E-state index contributed by atoms with van der Waals surface area (Å²) in [5.41, 5.74) is -0.407. The molecule has 1 atom stereocenters. The second-order valence-corrected chi connectivity index (χ2v) is 8.49. The summed E-state index contributed by atoms with van der Waals surface area (Å²) < 4.78 is 40.6. The first-order valence-electron chi connectivity index (χ1n) is 9.16. The molecule has 0 fully saturated rings. The average molecular weight is 403 g/mol. The summed E-state index contributed by atoms with van der Waals surface area (Å²) in [4.78, 5) is 13.6. The molecule has 1 aromatic heterocycles. The summed E-state index contributed by atoms with van der Waals surface area (Å²) in [6.07, 6.45) is 0.734. The zero-order chi connectivity index (χ0) is 20.3. The minimum Gasteiger partial charge on any atom is -0.279 e. The molecule has 0 spiro atoms. The summed E-state index contributed by atoms with van der Waals surface area (Å²) in [6, 6.07) is 13.2. The molecule has 0 N–H and O–H groups in total. The van der Waals surface area contributed by atoms with Crippen molar-refractivity contribution in [1.82, 2.24) is 4.57 Å². The normalized spacial score (nSPS) is 19.0. The summed E-state index contributed by atoms with van der Waals surface area (Å²) in [7, 11) is 0. The van der Waals surface area contributed by atoms with E-state index in [4.69, 9.17) is 0 Å². The lowest BCUT2D eigenvalue weighted by Crippen LogP contribution is -2.43. The van der Waals surface area contributed by atoms with Crippen LogP contribution in [0.25, 0.3) is 22.2 Å². The Balaban J connectivity index is 2.03. The van der Waals surface area contributed by atoms with E-state index in [0.717, 1.165) is 39.7 Å². The Morgan fingerprint density at radius 3 is 2.54 bits per heavy atom. The number of rotatable bonds is 3. The summed E-state index contributed by atoms with van der Waals surface area (Å²) >= 11 is -0.133. The number of aromatic nitrogens is 1. The quantitative estimate of drug-likeness (QED) is 0.509. The van der Waals surface area contributed by atoms with Gasteiger partial charge >= 0.3 is 5.51 Å². The van der Waals surface area contributed by atoms with E-state index in [-0.39, 0.29) is 23.4 Å². The zero-order valence-corrected chi connectivity index (χ0v) is 16.7. The lowest BCUT2D eigenvalue weighted by molar-refractivity contribution is -0.0329. The van der Waals surface area contributed by atoms with Crippen molar-refractivity contribution in [3.8, 4) is 11.3 Å². The molecule has 2 aromatic carbocycles. The molecule has 2 nitrogen and oxygen atoms in total. The van der Waals surface area contributed by atoms with Crippen LogP contribution in [0.1, 0.15) is 35.3 Å². The van der Waals surface area contributed by atoms with E-state index >= 15 is 0 Å². The Morgan fingerprint density at radius 2 is 1.86 bits per heavy atom. The Kier molecular flexibility index (Phi) is 4.38. The molecule has 1 aliphatic rings. The molecule has 0 amide bonds. The van der Waals surface area contributed by atoms with Crippen molar-refractivity contribution in [2.45, 2.75) is 38.1 Å². The summed E-state index contributed by atoms with van der Waals surface area (Å²) in [5.74, 6) is -0.648. The van der Waals surface area contributed by atoms with Gasteiger partial charge in [0.2, 0.25) is 5.91 Å². The van der Waals surface area contributed by atoms with Crippen LogP contribution in [0, 0.1) is 6.92 Å². The highest BCUT2D eigenvalue weighted by Crippen LogP contribution is 2.48. The van der Waals surface area contributed by atoms with Crippen molar-refractivity contribution in [2.75, 3.05) is 5.75 Å². The van der Waals surface area contributed by atoms with Crippen LogP contribution in [0.2, 0.25) is 0 Å². The van der Waals surface area contributed by atoms with Gasteiger partial charge in [0.15, 0.2) is 0 Å². The van der Waals surface area contributed by atoms with Crippen LogP contribution in [-0.4, -0.2) is 21.7 Å². The number of halogens is 3. The van der Waals surface area contributed by atoms with Crippen molar-refractivity contribution in [3.05, 3.63) is 59.2 Å². The highest BCUT2D eigenvalue weighted by molar-refractivity contribution is 8.00. The Morgan fingerprint density at radius 1 is 1.14 bits per heavy atom. The third-order valence-corrected chi connectivity index (χ3v) is 6.61. The van der Waals surface area contributed by atoms with Gasteiger partial charge in [-0.15, -0.1) is 0 Å². The predicted molar refractivity (Wildman–Crippen MR) is 108 cm³/mol. The second kappa shape index (κ2) is 6.41. The van der Waals surface area contributed by atoms with Crippen molar-refractivity contribution in [1.29, 1.82) is 0 Å². The third-order valence-electron chi connectivity index (χ3n) is 5.56. The molecular formula is C22H20F3NOS. The smallest absolute Gasteiger partial charge is 0.279 e.